The number of benzene rings is 1. The quantitative estimate of drug-likeness (QED) is 0.736. The van der Waals surface area contributed by atoms with Crippen molar-refractivity contribution in [2.45, 2.75) is 26.7 Å². The van der Waals surface area contributed by atoms with Crippen LogP contribution in [0, 0.1) is 5.92 Å². The first kappa shape index (κ1) is 13.2. The molecule has 0 spiro atoms. The smallest absolute Gasteiger partial charge is 0.153 e. The molecule has 0 aliphatic carbocycles. The molecule has 88 valence electrons. The van der Waals surface area contributed by atoms with E-state index in [1.165, 1.54) is 0 Å². The van der Waals surface area contributed by atoms with Crippen LogP contribution in [-0.2, 0) is 0 Å². The average molecular weight is 285 g/mol. The molecule has 2 nitrogen and oxygen atoms in total. The van der Waals surface area contributed by atoms with Crippen LogP contribution in [0.25, 0.3) is 0 Å². The molecule has 3 heteroatoms. The maximum absolute atomic E-state index is 10.8. The molecule has 0 amide bonds. The van der Waals surface area contributed by atoms with Crippen LogP contribution in [-0.4, -0.2) is 12.9 Å². The van der Waals surface area contributed by atoms with Gasteiger partial charge in [0.25, 0.3) is 0 Å². The fourth-order valence-corrected chi connectivity index (χ4v) is 2.07. The number of ether oxygens (including phenoxy) is 1. The van der Waals surface area contributed by atoms with Crippen molar-refractivity contribution in [1.29, 1.82) is 0 Å². The van der Waals surface area contributed by atoms with Gasteiger partial charge in [0.15, 0.2) is 6.29 Å². The van der Waals surface area contributed by atoms with E-state index in [1.807, 2.05) is 12.1 Å². The maximum Gasteiger partial charge on any atom is 0.153 e. The van der Waals surface area contributed by atoms with Gasteiger partial charge in [0, 0.05) is 0 Å². The lowest BCUT2D eigenvalue weighted by Gasteiger charge is -2.14. The zero-order valence-electron chi connectivity index (χ0n) is 9.70. The van der Waals surface area contributed by atoms with Crippen molar-refractivity contribution in [3.8, 4) is 5.75 Å². The van der Waals surface area contributed by atoms with E-state index >= 15 is 0 Å². The Labute approximate surface area is 105 Å². The molecule has 0 aliphatic heterocycles. The molecule has 0 heterocycles. The van der Waals surface area contributed by atoms with Crippen molar-refractivity contribution in [1.82, 2.24) is 0 Å². The van der Waals surface area contributed by atoms with Crippen molar-refractivity contribution in [3.05, 3.63) is 28.2 Å². The fraction of sp³-hybridized carbons (Fsp3) is 0.462. The molecule has 0 saturated heterocycles. The highest BCUT2D eigenvalue weighted by Crippen LogP contribution is 2.28. The first-order valence-corrected chi connectivity index (χ1v) is 6.34. The molecule has 1 atom stereocenters. The van der Waals surface area contributed by atoms with Gasteiger partial charge in [0.05, 0.1) is 16.6 Å². The third-order valence-electron chi connectivity index (χ3n) is 2.42. The van der Waals surface area contributed by atoms with Gasteiger partial charge in [0.1, 0.15) is 5.75 Å². The minimum atomic E-state index is 0.511. The van der Waals surface area contributed by atoms with Crippen molar-refractivity contribution >= 4 is 22.2 Å². The maximum atomic E-state index is 10.8. The second-order valence-electron chi connectivity index (χ2n) is 3.98. The Bertz CT molecular complexity index is 350. The van der Waals surface area contributed by atoms with Crippen LogP contribution in [0.1, 0.15) is 37.0 Å². The van der Waals surface area contributed by atoms with Crippen LogP contribution in [0.2, 0.25) is 0 Å². The lowest BCUT2D eigenvalue weighted by molar-refractivity contribution is 0.111. The zero-order valence-corrected chi connectivity index (χ0v) is 11.3. The summed E-state index contributed by atoms with van der Waals surface area (Å²) in [6, 6.07) is 5.47. The molecule has 1 rings (SSSR count). The van der Waals surface area contributed by atoms with E-state index in [0.29, 0.717) is 23.8 Å². The van der Waals surface area contributed by atoms with Crippen LogP contribution in [0.4, 0.5) is 0 Å². The van der Waals surface area contributed by atoms with E-state index in [-0.39, 0.29) is 0 Å². The standard InChI is InChI=1S/C13H17BrO2/c1-3-5-10(2)9-16-13-11(8-15)6-4-7-12(13)14/h4,6-8,10H,3,5,9H2,1-2H3. The summed E-state index contributed by atoms with van der Waals surface area (Å²) in [7, 11) is 0. The SMILES string of the molecule is CCCC(C)COc1c(Br)cccc1C=O. The largest absolute Gasteiger partial charge is 0.491 e. The first-order valence-electron chi connectivity index (χ1n) is 5.55. The number of aldehydes is 1. The third-order valence-corrected chi connectivity index (χ3v) is 3.04. The number of hydrogen-bond donors (Lipinski definition) is 0. The molecule has 16 heavy (non-hydrogen) atoms. The number of rotatable bonds is 6. The Morgan fingerprint density at radius 3 is 2.88 bits per heavy atom. The second kappa shape index (κ2) is 6.69. The molecule has 0 N–H and O–H groups in total. The normalized spacial score (nSPS) is 12.2. The van der Waals surface area contributed by atoms with Crippen molar-refractivity contribution in [2.24, 2.45) is 5.92 Å². The molecule has 1 unspecified atom stereocenters. The average Bonchev–Trinajstić information content (AvgIpc) is 2.27. The predicted molar refractivity (Wildman–Crippen MR) is 69.1 cm³/mol. The lowest BCUT2D eigenvalue weighted by Crippen LogP contribution is -2.09. The molecule has 0 saturated carbocycles. The van der Waals surface area contributed by atoms with E-state index in [4.69, 9.17) is 4.74 Å². The minimum Gasteiger partial charge on any atom is -0.491 e. The van der Waals surface area contributed by atoms with Crippen LogP contribution in [0.3, 0.4) is 0 Å². The Kier molecular flexibility index (Phi) is 5.53. The van der Waals surface area contributed by atoms with Crippen LogP contribution in [0.5, 0.6) is 5.75 Å². The Morgan fingerprint density at radius 2 is 2.25 bits per heavy atom. The summed E-state index contributed by atoms with van der Waals surface area (Å²) in [5.41, 5.74) is 0.595. The summed E-state index contributed by atoms with van der Waals surface area (Å²) in [6.07, 6.45) is 3.12. The molecule has 0 fully saturated rings. The van der Waals surface area contributed by atoms with Crippen molar-refractivity contribution in [2.75, 3.05) is 6.61 Å². The summed E-state index contributed by atoms with van der Waals surface area (Å²) in [5.74, 6) is 1.16. The Morgan fingerprint density at radius 1 is 1.50 bits per heavy atom. The minimum absolute atomic E-state index is 0.511. The van der Waals surface area contributed by atoms with E-state index in [9.17, 15) is 4.79 Å². The van der Waals surface area contributed by atoms with Crippen LogP contribution < -0.4 is 4.74 Å². The number of halogens is 1. The van der Waals surface area contributed by atoms with Crippen LogP contribution in [0.15, 0.2) is 22.7 Å². The lowest BCUT2D eigenvalue weighted by atomic mass is 10.1. The topological polar surface area (TPSA) is 26.3 Å². The van der Waals surface area contributed by atoms with E-state index in [1.54, 1.807) is 6.07 Å². The molecular formula is C13H17BrO2. The van der Waals surface area contributed by atoms with Gasteiger partial charge in [0.2, 0.25) is 0 Å². The van der Waals surface area contributed by atoms with Gasteiger partial charge in [-0.1, -0.05) is 26.3 Å². The zero-order chi connectivity index (χ0) is 12.0. The molecule has 1 aromatic rings. The van der Waals surface area contributed by atoms with Gasteiger partial charge in [-0.25, -0.2) is 0 Å². The second-order valence-corrected chi connectivity index (χ2v) is 4.84. The molecule has 0 aliphatic rings. The van der Waals surface area contributed by atoms with Gasteiger partial charge in [-0.3, -0.25) is 4.79 Å². The van der Waals surface area contributed by atoms with Gasteiger partial charge in [-0.2, -0.15) is 0 Å². The van der Waals surface area contributed by atoms with Gasteiger partial charge >= 0.3 is 0 Å². The van der Waals surface area contributed by atoms with Gasteiger partial charge < -0.3 is 4.74 Å². The summed E-state index contributed by atoms with van der Waals surface area (Å²) in [6.45, 7) is 4.96. The van der Waals surface area contributed by atoms with Crippen LogP contribution >= 0.6 is 15.9 Å². The number of carbonyl (C=O) groups is 1. The number of carbonyl (C=O) groups excluding carboxylic acids is 1. The number of hydrogen-bond acceptors (Lipinski definition) is 2. The van der Waals surface area contributed by atoms with Gasteiger partial charge in [-0.05, 0) is 40.4 Å². The first-order chi connectivity index (χ1) is 7.69. The predicted octanol–water partition coefficient (Wildman–Crippen LogP) is 4.08. The summed E-state index contributed by atoms with van der Waals surface area (Å²) >= 11 is 3.39. The number of para-hydroxylation sites is 1. The highest BCUT2D eigenvalue weighted by atomic mass is 79.9. The van der Waals surface area contributed by atoms with E-state index in [0.717, 1.165) is 23.6 Å². The monoisotopic (exact) mass is 284 g/mol. The Balaban J connectivity index is 2.69. The summed E-state index contributed by atoms with van der Waals surface area (Å²) in [5, 5.41) is 0. The highest BCUT2D eigenvalue weighted by Gasteiger charge is 2.09. The highest BCUT2D eigenvalue weighted by molar-refractivity contribution is 9.10. The van der Waals surface area contributed by atoms with E-state index < -0.39 is 0 Å². The summed E-state index contributed by atoms with van der Waals surface area (Å²) < 4.78 is 6.53. The molecule has 0 bridgehead atoms. The van der Waals surface area contributed by atoms with Gasteiger partial charge in [-0.15, -0.1) is 0 Å². The third kappa shape index (κ3) is 3.63. The molecule has 1 aromatic carbocycles. The molecular weight excluding hydrogens is 268 g/mol. The van der Waals surface area contributed by atoms with Crippen molar-refractivity contribution in [3.63, 3.8) is 0 Å². The Hall–Kier alpha value is -0.830. The van der Waals surface area contributed by atoms with E-state index in [2.05, 4.69) is 29.8 Å². The molecule has 0 aromatic heterocycles. The van der Waals surface area contributed by atoms with Crippen molar-refractivity contribution < 1.29 is 9.53 Å². The fourth-order valence-electron chi connectivity index (χ4n) is 1.57. The summed E-state index contributed by atoms with van der Waals surface area (Å²) in [4.78, 5) is 10.8. The molecule has 0 radical (unpaired) electrons.